The summed E-state index contributed by atoms with van der Waals surface area (Å²) in [6.45, 7) is 2.36. The van der Waals surface area contributed by atoms with Crippen LogP contribution < -0.4 is 20.3 Å². The van der Waals surface area contributed by atoms with Gasteiger partial charge in [0.1, 0.15) is 5.75 Å². The largest absolute Gasteiger partial charge is 0.496 e. The third-order valence-corrected chi connectivity index (χ3v) is 4.68. The van der Waals surface area contributed by atoms with Crippen molar-refractivity contribution in [3.05, 3.63) is 54.1 Å². The van der Waals surface area contributed by atoms with Crippen LogP contribution in [0.3, 0.4) is 0 Å². The second kappa shape index (κ2) is 9.07. The molecule has 0 bridgehead atoms. The highest BCUT2D eigenvalue weighted by molar-refractivity contribution is 6.39. The van der Waals surface area contributed by atoms with Gasteiger partial charge in [-0.1, -0.05) is 18.2 Å². The average molecular weight is 367 g/mol. The number of carbonyl (C=O) groups excluding carboxylic acids is 2. The Morgan fingerprint density at radius 2 is 1.67 bits per heavy atom. The number of rotatable bonds is 5. The van der Waals surface area contributed by atoms with E-state index < -0.39 is 11.8 Å². The molecular weight excluding hydrogens is 342 g/mol. The van der Waals surface area contributed by atoms with Crippen molar-refractivity contribution in [2.75, 3.05) is 30.4 Å². The summed E-state index contributed by atoms with van der Waals surface area (Å²) in [7, 11) is 1.57. The molecule has 2 N–H and O–H groups in total. The van der Waals surface area contributed by atoms with Crippen LogP contribution in [0.5, 0.6) is 5.75 Å². The summed E-state index contributed by atoms with van der Waals surface area (Å²) in [6.07, 6.45) is 3.71. The summed E-state index contributed by atoms with van der Waals surface area (Å²) in [5, 5.41) is 5.25. The van der Waals surface area contributed by atoms with E-state index in [-0.39, 0.29) is 6.54 Å². The summed E-state index contributed by atoms with van der Waals surface area (Å²) < 4.78 is 5.24. The predicted octanol–water partition coefficient (Wildman–Crippen LogP) is 2.94. The minimum Gasteiger partial charge on any atom is -0.496 e. The Kier molecular flexibility index (Phi) is 6.30. The van der Waals surface area contributed by atoms with Crippen LogP contribution in [0.15, 0.2) is 48.5 Å². The zero-order valence-electron chi connectivity index (χ0n) is 15.5. The molecule has 6 nitrogen and oxygen atoms in total. The van der Waals surface area contributed by atoms with Crippen LogP contribution in [-0.2, 0) is 16.1 Å². The molecule has 0 aromatic heterocycles. The summed E-state index contributed by atoms with van der Waals surface area (Å²) in [5.74, 6) is -0.692. The standard InChI is InChI=1S/C21H25N3O3/c1-27-19-8-4-3-7-16(19)15-22-20(25)21(26)23-17-9-11-18(12-10-17)24-13-5-2-6-14-24/h3-4,7-12H,2,5-6,13-15H2,1H3,(H,22,25)(H,23,26). The molecule has 0 atom stereocenters. The third kappa shape index (κ3) is 5.00. The van der Waals surface area contributed by atoms with Crippen molar-refractivity contribution < 1.29 is 14.3 Å². The predicted molar refractivity (Wildman–Crippen MR) is 106 cm³/mol. The van der Waals surface area contributed by atoms with Gasteiger partial charge in [-0.3, -0.25) is 9.59 Å². The van der Waals surface area contributed by atoms with Crippen LogP contribution in [0.25, 0.3) is 0 Å². The fourth-order valence-corrected chi connectivity index (χ4v) is 3.20. The molecule has 1 aliphatic rings. The molecule has 1 fully saturated rings. The lowest BCUT2D eigenvalue weighted by Gasteiger charge is -2.28. The number of nitrogens with zero attached hydrogens (tertiary/aromatic N) is 1. The van der Waals surface area contributed by atoms with Gasteiger partial charge in [-0.2, -0.15) is 0 Å². The first-order chi connectivity index (χ1) is 13.2. The van der Waals surface area contributed by atoms with Crippen molar-refractivity contribution in [1.82, 2.24) is 5.32 Å². The van der Waals surface area contributed by atoms with Crippen LogP contribution in [0, 0.1) is 0 Å². The Morgan fingerprint density at radius 1 is 0.963 bits per heavy atom. The van der Waals surface area contributed by atoms with Crippen molar-refractivity contribution in [2.45, 2.75) is 25.8 Å². The van der Waals surface area contributed by atoms with E-state index in [4.69, 9.17) is 4.74 Å². The van der Waals surface area contributed by atoms with Crippen molar-refractivity contribution in [3.8, 4) is 5.75 Å². The number of amides is 2. The van der Waals surface area contributed by atoms with Crippen molar-refractivity contribution in [3.63, 3.8) is 0 Å². The van der Waals surface area contributed by atoms with Gasteiger partial charge in [-0.05, 0) is 49.6 Å². The van der Waals surface area contributed by atoms with Crippen molar-refractivity contribution in [2.24, 2.45) is 0 Å². The lowest BCUT2D eigenvalue weighted by molar-refractivity contribution is -0.136. The number of carbonyl (C=O) groups is 2. The summed E-state index contributed by atoms with van der Waals surface area (Å²) in [4.78, 5) is 26.5. The van der Waals surface area contributed by atoms with E-state index in [1.54, 1.807) is 7.11 Å². The Bertz CT molecular complexity index is 784. The molecule has 27 heavy (non-hydrogen) atoms. The van der Waals surface area contributed by atoms with E-state index in [0.29, 0.717) is 11.4 Å². The molecular formula is C21H25N3O3. The second-order valence-corrected chi connectivity index (χ2v) is 6.54. The van der Waals surface area contributed by atoms with Gasteiger partial charge >= 0.3 is 11.8 Å². The van der Waals surface area contributed by atoms with Crippen LogP contribution in [0.1, 0.15) is 24.8 Å². The SMILES string of the molecule is COc1ccccc1CNC(=O)C(=O)Nc1ccc(N2CCCCC2)cc1. The van der Waals surface area contributed by atoms with Gasteiger partial charge < -0.3 is 20.3 Å². The maximum Gasteiger partial charge on any atom is 0.313 e. The number of benzene rings is 2. The molecule has 142 valence electrons. The van der Waals surface area contributed by atoms with E-state index in [9.17, 15) is 9.59 Å². The minimum absolute atomic E-state index is 0.226. The molecule has 2 aromatic carbocycles. The monoisotopic (exact) mass is 367 g/mol. The Hall–Kier alpha value is -3.02. The van der Waals surface area contributed by atoms with Gasteiger partial charge in [-0.25, -0.2) is 0 Å². The number of hydrogen-bond acceptors (Lipinski definition) is 4. The summed E-state index contributed by atoms with van der Waals surface area (Å²) in [5.41, 5.74) is 2.56. The van der Waals surface area contributed by atoms with Crippen molar-refractivity contribution >= 4 is 23.2 Å². The highest BCUT2D eigenvalue weighted by atomic mass is 16.5. The third-order valence-electron chi connectivity index (χ3n) is 4.68. The first-order valence-electron chi connectivity index (χ1n) is 9.23. The molecule has 0 saturated carbocycles. The van der Waals surface area contributed by atoms with Crippen LogP contribution in [0.4, 0.5) is 11.4 Å². The highest BCUT2D eigenvalue weighted by Gasteiger charge is 2.15. The number of ether oxygens (including phenoxy) is 1. The fourth-order valence-electron chi connectivity index (χ4n) is 3.20. The second-order valence-electron chi connectivity index (χ2n) is 6.54. The number of hydrogen-bond donors (Lipinski definition) is 2. The van der Waals surface area contributed by atoms with Crippen LogP contribution in [-0.4, -0.2) is 32.0 Å². The lowest BCUT2D eigenvalue weighted by atomic mass is 10.1. The number of para-hydroxylation sites is 1. The smallest absolute Gasteiger partial charge is 0.313 e. The van der Waals surface area contributed by atoms with Gasteiger partial charge in [0.15, 0.2) is 0 Å². The normalized spacial score (nSPS) is 13.7. The molecule has 2 amide bonds. The molecule has 1 heterocycles. The van der Waals surface area contributed by atoms with E-state index in [1.165, 1.54) is 19.3 Å². The molecule has 1 aliphatic heterocycles. The lowest BCUT2D eigenvalue weighted by Crippen LogP contribution is -2.35. The zero-order chi connectivity index (χ0) is 19.1. The van der Waals surface area contributed by atoms with Gasteiger partial charge in [-0.15, -0.1) is 0 Å². The topological polar surface area (TPSA) is 70.7 Å². The molecule has 6 heteroatoms. The van der Waals surface area contributed by atoms with Crippen molar-refractivity contribution in [1.29, 1.82) is 0 Å². The number of methoxy groups -OCH3 is 1. The maximum absolute atomic E-state index is 12.1. The molecule has 0 unspecified atom stereocenters. The van der Waals surface area contributed by atoms with E-state index in [0.717, 1.165) is 24.3 Å². The van der Waals surface area contributed by atoms with Gasteiger partial charge in [0.25, 0.3) is 0 Å². The number of anilines is 2. The Labute approximate surface area is 159 Å². The maximum atomic E-state index is 12.1. The molecule has 3 rings (SSSR count). The van der Waals surface area contributed by atoms with Gasteiger partial charge in [0.05, 0.1) is 7.11 Å². The fraction of sp³-hybridized carbons (Fsp3) is 0.333. The number of piperidine rings is 1. The van der Waals surface area contributed by atoms with Gasteiger partial charge in [0, 0.05) is 36.6 Å². The van der Waals surface area contributed by atoms with Crippen LogP contribution in [0.2, 0.25) is 0 Å². The van der Waals surface area contributed by atoms with E-state index >= 15 is 0 Å². The highest BCUT2D eigenvalue weighted by Crippen LogP contribution is 2.22. The molecule has 0 spiro atoms. The average Bonchev–Trinajstić information content (AvgIpc) is 2.73. The zero-order valence-corrected chi connectivity index (χ0v) is 15.5. The van der Waals surface area contributed by atoms with E-state index in [2.05, 4.69) is 15.5 Å². The first kappa shape index (κ1) is 18.8. The summed E-state index contributed by atoms with van der Waals surface area (Å²) in [6, 6.07) is 15.0. The first-order valence-corrected chi connectivity index (χ1v) is 9.23. The minimum atomic E-state index is -0.685. The van der Waals surface area contributed by atoms with Gasteiger partial charge in [0.2, 0.25) is 0 Å². The van der Waals surface area contributed by atoms with E-state index in [1.807, 2.05) is 48.5 Å². The summed E-state index contributed by atoms with van der Waals surface area (Å²) >= 11 is 0. The molecule has 0 aliphatic carbocycles. The molecule has 2 aromatic rings. The molecule has 1 saturated heterocycles. The molecule has 0 radical (unpaired) electrons. The Balaban J connectivity index is 1.52. The quantitative estimate of drug-likeness (QED) is 0.797. The van der Waals surface area contributed by atoms with Crippen LogP contribution >= 0.6 is 0 Å². The Morgan fingerprint density at radius 3 is 2.37 bits per heavy atom. The number of nitrogens with one attached hydrogen (secondary N) is 2.